The number of thioether (sulfide) groups is 2. The minimum absolute atomic E-state index is 0.0227. The molecule has 0 saturated heterocycles. The topological polar surface area (TPSA) is 91.9 Å². The van der Waals surface area contributed by atoms with Gasteiger partial charge in [-0.1, -0.05) is 18.7 Å². The number of nitrogens with one attached hydrogen (secondary N) is 2. The number of anilines is 1. The van der Waals surface area contributed by atoms with Crippen molar-refractivity contribution in [3.63, 3.8) is 0 Å². The van der Waals surface area contributed by atoms with Gasteiger partial charge in [-0.25, -0.2) is 4.98 Å². The third-order valence-corrected chi connectivity index (χ3v) is 5.36. The van der Waals surface area contributed by atoms with E-state index in [4.69, 9.17) is 0 Å². The summed E-state index contributed by atoms with van der Waals surface area (Å²) in [6.45, 7) is 3.60. The number of hydrogen-bond acceptors (Lipinski definition) is 6. The molecule has 138 valence electrons. The van der Waals surface area contributed by atoms with E-state index in [-0.39, 0.29) is 23.0 Å². The SMILES string of the molecule is CCCSCc1cc(=O)[nH]c(SCC(=O)Nc2ccc(C(C)=O)cc2)n1. The standard InChI is InChI=1S/C18H21N3O3S2/c1-3-8-25-10-15-9-16(23)21-18(20-15)26-11-17(24)19-14-6-4-13(5-7-14)12(2)22/h4-7,9H,3,8,10-11H2,1-2H3,(H,19,24)(H,20,21,23). The maximum absolute atomic E-state index is 12.1. The van der Waals surface area contributed by atoms with Crippen LogP contribution in [0.25, 0.3) is 0 Å². The number of nitrogens with zero attached hydrogens (tertiary/aromatic N) is 1. The van der Waals surface area contributed by atoms with Crippen LogP contribution in [0, 0.1) is 0 Å². The summed E-state index contributed by atoms with van der Waals surface area (Å²) in [6.07, 6.45) is 1.07. The fourth-order valence-corrected chi connectivity index (χ4v) is 3.55. The summed E-state index contributed by atoms with van der Waals surface area (Å²) in [5, 5.41) is 3.19. The number of aromatic nitrogens is 2. The van der Waals surface area contributed by atoms with Crippen molar-refractivity contribution in [2.45, 2.75) is 31.2 Å². The minimum atomic E-state index is -0.213. The fraction of sp³-hybridized carbons (Fsp3) is 0.333. The Kier molecular flexibility index (Phi) is 7.93. The van der Waals surface area contributed by atoms with Crippen LogP contribution >= 0.6 is 23.5 Å². The molecule has 26 heavy (non-hydrogen) atoms. The Morgan fingerprint density at radius 2 is 1.96 bits per heavy atom. The van der Waals surface area contributed by atoms with E-state index in [1.807, 2.05) is 0 Å². The smallest absolute Gasteiger partial charge is 0.251 e. The number of aromatic amines is 1. The quantitative estimate of drug-likeness (QED) is 0.295. The second-order valence-corrected chi connectivity index (χ2v) is 7.63. The van der Waals surface area contributed by atoms with Crippen molar-refractivity contribution in [2.24, 2.45) is 0 Å². The number of H-pyrrole nitrogens is 1. The maximum Gasteiger partial charge on any atom is 0.251 e. The zero-order valence-electron chi connectivity index (χ0n) is 14.7. The van der Waals surface area contributed by atoms with Crippen molar-refractivity contribution in [3.8, 4) is 0 Å². The number of benzene rings is 1. The van der Waals surface area contributed by atoms with Crippen molar-refractivity contribution in [1.82, 2.24) is 9.97 Å². The number of Topliss-reactive ketones (excluding diaryl/α,β-unsaturated/α-hetero) is 1. The van der Waals surface area contributed by atoms with Crippen LogP contribution in [-0.4, -0.2) is 33.2 Å². The van der Waals surface area contributed by atoms with Gasteiger partial charge in [-0.05, 0) is 43.4 Å². The van der Waals surface area contributed by atoms with Crippen LogP contribution in [-0.2, 0) is 10.5 Å². The number of carbonyl (C=O) groups is 2. The lowest BCUT2D eigenvalue weighted by atomic mass is 10.1. The number of amides is 1. The summed E-state index contributed by atoms with van der Waals surface area (Å²) in [5.41, 5.74) is 1.72. The van der Waals surface area contributed by atoms with E-state index in [0.717, 1.165) is 17.9 Å². The summed E-state index contributed by atoms with van der Waals surface area (Å²) in [4.78, 5) is 42.1. The van der Waals surface area contributed by atoms with E-state index in [2.05, 4.69) is 22.2 Å². The summed E-state index contributed by atoms with van der Waals surface area (Å²) in [5.74, 6) is 1.59. The predicted molar refractivity (Wildman–Crippen MR) is 107 cm³/mol. The zero-order valence-corrected chi connectivity index (χ0v) is 16.3. The third kappa shape index (κ3) is 6.68. The highest BCUT2D eigenvalue weighted by molar-refractivity contribution is 7.99. The molecular formula is C18H21N3O3S2. The third-order valence-electron chi connectivity index (χ3n) is 3.29. The van der Waals surface area contributed by atoms with Crippen molar-refractivity contribution < 1.29 is 9.59 Å². The normalized spacial score (nSPS) is 10.5. The molecule has 0 aliphatic carbocycles. The molecule has 1 aromatic carbocycles. The van der Waals surface area contributed by atoms with Gasteiger partial charge in [0.05, 0.1) is 11.4 Å². The van der Waals surface area contributed by atoms with Gasteiger partial charge in [-0.15, -0.1) is 0 Å². The molecule has 0 bridgehead atoms. The van der Waals surface area contributed by atoms with Gasteiger partial charge in [0.25, 0.3) is 5.56 Å². The molecule has 2 aromatic rings. The molecule has 0 saturated carbocycles. The molecule has 0 radical (unpaired) electrons. The Hall–Kier alpha value is -2.06. The Bertz CT molecular complexity index is 819. The van der Waals surface area contributed by atoms with Crippen molar-refractivity contribution in [1.29, 1.82) is 0 Å². The first-order valence-electron chi connectivity index (χ1n) is 8.19. The van der Waals surface area contributed by atoms with Crippen LogP contribution in [0.2, 0.25) is 0 Å². The molecule has 1 heterocycles. The summed E-state index contributed by atoms with van der Waals surface area (Å²) >= 11 is 2.91. The minimum Gasteiger partial charge on any atom is -0.325 e. The molecule has 1 aromatic heterocycles. The molecule has 2 rings (SSSR count). The van der Waals surface area contributed by atoms with Crippen LogP contribution < -0.4 is 10.9 Å². The molecule has 6 nitrogen and oxygen atoms in total. The Labute approximate surface area is 160 Å². The van der Waals surface area contributed by atoms with Crippen LogP contribution in [0.15, 0.2) is 40.3 Å². The van der Waals surface area contributed by atoms with E-state index in [1.165, 1.54) is 24.8 Å². The molecule has 8 heteroatoms. The van der Waals surface area contributed by atoms with Crippen molar-refractivity contribution in [2.75, 3.05) is 16.8 Å². The van der Waals surface area contributed by atoms with E-state index < -0.39 is 0 Å². The number of hydrogen-bond donors (Lipinski definition) is 2. The van der Waals surface area contributed by atoms with Crippen LogP contribution in [0.3, 0.4) is 0 Å². The van der Waals surface area contributed by atoms with E-state index in [1.54, 1.807) is 36.0 Å². The summed E-state index contributed by atoms with van der Waals surface area (Å²) in [7, 11) is 0. The first-order valence-corrected chi connectivity index (χ1v) is 10.3. The van der Waals surface area contributed by atoms with Crippen LogP contribution in [0.1, 0.15) is 36.3 Å². The fourth-order valence-electron chi connectivity index (χ4n) is 2.07. The lowest BCUT2D eigenvalue weighted by molar-refractivity contribution is -0.113. The van der Waals surface area contributed by atoms with Gasteiger partial charge in [0.15, 0.2) is 10.9 Å². The first kappa shape index (κ1) is 20.3. The molecule has 0 unspecified atom stereocenters. The lowest BCUT2D eigenvalue weighted by Crippen LogP contribution is -2.16. The molecule has 0 fully saturated rings. The summed E-state index contributed by atoms with van der Waals surface area (Å²) in [6, 6.07) is 8.20. The zero-order chi connectivity index (χ0) is 18.9. The number of carbonyl (C=O) groups excluding carboxylic acids is 2. The van der Waals surface area contributed by atoms with Gasteiger partial charge in [0.1, 0.15) is 0 Å². The van der Waals surface area contributed by atoms with Gasteiger partial charge in [0.2, 0.25) is 5.91 Å². The Morgan fingerprint density at radius 3 is 2.62 bits per heavy atom. The summed E-state index contributed by atoms with van der Waals surface area (Å²) < 4.78 is 0. The molecule has 0 aliphatic rings. The highest BCUT2D eigenvalue weighted by atomic mass is 32.2. The van der Waals surface area contributed by atoms with E-state index >= 15 is 0 Å². The highest BCUT2D eigenvalue weighted by Crippen LogP contribution is 2.16. The molecule has 0 aliphatic heterocycles. The average molecular weight is 392 g/mol. The van der Waals surface area contributed by atoms with Crippen LogP contribution in [0.5, 0.6) is 0 Å². The number of ketones is 1. The lowest BCUT2D eigenvalue weighted by Gasteiger charge is -2.06. The highest BCUT2D eigenvalue weighted by Gasteiger charge is 2.08. The monoisotopic (exact) mass is 391 g/mol. The van der Waals surface area contributed by atoms with E-state index in [9.17, 15) is 14.4 Å². The average Bonchev–Trinajstić information content (AvgIpc) is 2.60. The molecule has 1 amide bonds. The predicted octanol–water partition coefficient (Wildman–Crippen LogP) is 3.35. The maximum atomic E-state index is 12.1. The largest absolute Gasteiger partial charge is 0.325 e. The Balaban J connectivity index is 1.90. The van der Waals surface area contributed by atoms with Gasteiger partial charge < -0.3 is 10.3 Å². The van der Waals surface area contributed by atoms with Gasteiger partial charge >= 0.3 is 0 Å². The Morgan fingerprint density at radius 1 is 1.23 bits per heavy atom. The van der Waals surface area contributed by atoms with Gasteiger partial charge in [0, 0.05) is 23.1 Å². The molecule has 0 spiro atoms. The molecule has 2 N–H and O–H groups in total. The number of rotatable bonds is 9. The first-order chi connectivity index (χ1) is 12.5. The second-order valence-electron chi connectivity index (χ2n) is 5.56. The molecule has 0 atom stereocenters. The van der Waals surface area contributed by atoms with Gasteiger partial charge in [-0.3, -0.25) is 14.4 Å². The molecular weight excluding hydrogens is 370 g/mol. The second kappa shape index (κ2) is 10.2. The van der Waals surface area contributed by atoms with Crippen molar-refractivity contribution >= 4 is 40.9 Å². The van der Waals surface area contributed by atoms with Crippen LogP contribution in [0.4, 0.5) is 5.69 Å². The van der Waals surface area contributed by atoms with Crippen molar-refractivity contribution in [3.05, 3.63) is 51.9 Å². The van der Waals surface area contributed by atoms with Gasteiger partial charge in [-0.2, -0.15) is 11.8 Å². The van der Waals surface area contributed by atoms with E-state index in [0.29, 0.717) is 22.2 Å².